The van der Waals surface area contributed by atoms with Crippen molar-refractivity contribution in [3.8, 4) is 0 Å². The zero-order chi connectivity index (χ0) is 14.9. The topological polar surface area (TPSA) is 29.1 Å². The van der Waals surface area contributed by atoms with Crippen LogP contribution in [0.2, 0.25) is 15.1 Å². The molecule has 0 fully saturated rings. The van der Waals surface area contributed by atoms with E-state index in [1.165, 1.54) is 12.1 Å². The molecule has 0 saturated heterocycles. The fourth-order valence-electron chi connectivity index (χ4n) is 1.66. The molecule has 0 heterocycles. The van der Waals surface area contributed by atoms with Gasteiger partial charge in [-0.25, -0.2) is 0 Å². The van der Waals surface area contributed by atoms with Gasteiger partial charge >= 0.3 is 0 Å². The summed E-state index contributed by atoms with van der Waals surface area (Å²) in [5.41, 5.74) is 1.78. The van der Waals surface area contributed by atoms with Crippen LogP contribution in [0.5, 0.6) is 0 Å². The van der Waals surface area contributed by atoms with Crippen molar-refractivity contribution in [1.29, 1.82) is 0 Å². The maximum Gasteiger partial charge on any atom is 0.256 e. The number of aryl methyl sites for hydroxylation is 1. The highest BCUT2D eigenvalue weighted by atomic mass is 35.5. The first-order valence-electron chi connectivity index (χ1n) is 5.64. The van der Waals surface area contributed by atoms with E-state index in [0.717, 1.165) is 5.56 Å². The van der Waals surface area contributed by atoms with Crippen LogP contribution in [0, 0.1) is 6.92 Å². The van der Waals surface area contributed by atoms with E-state index < -0.39 is 0 Å². The summed E-state index contributed by atoms with van der Waals surface area (Å²) in [6, 6.07) is 8.35. The molecule has 2 nitrogen and oxygen atoms in total. The summed E-state index contributed by atoms with van der Waals surface area (Å²) >= 11 is 22.0. The molecule has 0 aromatic heterocycles. The van der Waals surface area contributed by atoms with Crippen LogP contribution >= 0.6 is 47.4 Å². The van der Waals surface area contributed by atoms with Crippen molar-refractivity contribution in [2.75, 3.05) is 5.32 Å². The van der Waals surface area contributed by atoms with Gasteiger partial charge in [0.25, 0.3) is 5.91 Å². The van der Waals surface area contributed by atoms with Gasteiger partial charge in [0.15, 0.2) is 0 Å². The molecule has 0 radical (unpaired) electrons. The standard InChI is InChI=1S/C14H10Cl3NOS/c1-7-2-3-8(20)4-9(7)14(19)18-13-6-11(16)10(15)5-12(13)17/h2-6,20H,1H3,(H,18,19). The third-order valence-electron chi connectivity index (χ3n) is 2.72. The average molecular weight is 347 g/mol. The second-order valence-corrected chi connectivity index (χ2v) is 5.94. The second kappa shape index (κ2) is 6.27. The lowest BCUT2D eigenvalue weighted by Gasteiger charge is -2.10. The number of halogens is 3. The predicted octanol–water partition coefficient (Wildman–Crippen LogP) is 5.50. The molecule has 0 aliphatic heterocycles. The molecular formula is C14H10Cl3NOS. The van der Waals surface area contributed by atoms with E-state index >= 15 is 0 Å². The van der Waals surface area contributed by atoms with E-state index in [0.29, 0.717) is 31.2 Å². The van der Waals surface area contributed by atoms with E-state index in [4.69, 9.17) is 34.8 Å². The maximum absolute atomic E-state index is 12.3. The first kappa shape index (κ1) is 15.5. The zero-order valence-electron chi connectivity index (χ0n) is 10.4. The Labute approximate surface area is 137 Å². The highest BCUT2D eigenvalue weighted by Gasteiger charge is 2.13. The van der Waals surface area contributed by atoms with Crippen molar-refractivity contribution < 1.29 is 4.79 Å². The van der Waals surface area contributed by atoms with E-state index in [1.807, 2.05) is 19.1 Å². The molecule has 0 unspecified atom stereocenters. The first-order valence-corrected chi connectivity index (χ1v) is 7.22. The molecule has 2 aromatic rings. The van der Waals surface area contributed by atoms with Crippen LogP contribution in [0.15, 0.2) is 35.2 Å². The molecule has 0 spiro atoms. The normalized spacial score (nSPS) is 10.4. The van der Waals surface area contributed by atoms with Gasteiger partial charge in [-0.2, -0.15) is 0 Å². The van der Waals surface area contributed by atoms with Crippen LogP contribution in [-0.4, -0.2) is 5.91 Å². The van der Waals surface area contributed by atoms with Crippen molar-refractivity contribution in [2.24, 2.45) is 0 Å². The molecule has 2 rings (SSSR count). The fraction of sp³-hybridized carbons (Fsp3) is 0.0714. The van der Waals surface area contributed by atoms with Crippen LogP contribution in [0.3, 0.4) is 0 Å². The van der Waals surface area contributed by atoms with Gasteiger partial charge in [-0.1, -0.05) is 40.9 Å². The highest BCUT2D eigenvalue weighted by Crippen LogP contribution is 2.32. The van der Waals surface area contributed by atoms with Crippen LogP contribution in [0.25, 0.3) is 0 Å². The van der Waals surface area contributed by atoms with Gasteiger partial charge in [-0.15, -0.1) is 12.6 Å². The number of nitrogens with one attached hydrogen (secondary N) is 1. The van der Waals surface area contributed by atoms with E-state index in [1.54, 1.807) is 6.07 Å². The molecular weight excluding hydrogens is 337 g/mol. The Morgan fingerprint density at radius 1 is 1.05 bits per heavy atom. The molecule has 1 amide bonds. The number of rotatable bonds is 2. The molecule has 20 heavy (non-hydrogen) atoms. The summed E-state index contributed by atoms with van der Waals surface area (Å²) in [5, 5.41) is 3.70. The summed E-state index contributed by atoms with van der Waals surface area (Å²) in [7, 11) is 0. The number of thiol groups is 1. The summed E-state index contributed by atoms with van der Waals surface area (Å²) < 4.78 is 0. The third kappa shape index (κ3) is 3.41. The number of hydrogen-bond acceptors (Lipinski definition) is 2. The van der Waals surface area contributed by atoms with Crippen LogP contribution in [-0.2, 0) is 0 Å². The zero-order valence-corrected chi connectivity index (χ0v) is 13.5. The van der Waals surface area contributed by atoms with Gasteiger partial charge in [-0.05, 0) is 36.8 Å². The smallest absolute Gasteiger partial charge is 0.256 e. The Morgan fingerprint density at radius 2 is 1.70 bits per heavy atom. The molecule has 0 atom stereocenters. The van der Waals surface area contributed by atoms with E-state index in [2.05, 4.69) is 17.9 Å². The fourth-order valence-corrected chi connectivity index (χ4v) is 2.46. The third-order valence-corrected chi connectivity index (χ3v) is 4.04. The minimum absolute atomic E-state index is 0.279. The maximum atomic E-state index is 12.3. The van der Waals surface area contributed by atoms with Gasteiger partial charge < -0.3 is 5.32 Å². The minimum atomic E-state index is -0.279. The van der Waals surface area contributed by atoms with E-state index in [9.17, 15) is 4.79 Å². The average Bonchev–Trinajstić information content (AvgIpc) is 2.38. The summed E-state index contributed by atoms with van der Waals surface area (Å²) in [5.74, 6) is -0.279. The number of carbonyl (C=O) groups excluding carboxylic acids is 1. The lowest BCUT2D eigenvalue weighted by Crippen LogP contribution is -2.13. The van der Waals surface area contributed by atoms with Crippen molar-refractivity contribution in [3.05, 3.63) is 56.5 Å². The molecule has 0 saturated carbocycles. The highest BCUT2D eigenvalue weighted by molar-refractivity contribution is 7.80. The molecule has 0 bridgehead atoms. The number of benzene rings is 2. The van der Waals surface area contributed by atoms with Gasteiger partial charge in [0.05, 0.1) is 20.8 Å². The molecule has 104 valence electrons. The summed E-state index contributed by atoms with van der Waals surface area (Å²) in [4.78, 5) is 13.0. The van der Waals surface area contributed by atoms with Crippen LogP contribution in [0.4, 0.5) is 5.69 Å². The molecule has 0 aliphatic carbocycles. The van der Waals surface area contributed by atoms with Crippen molar-refractivity contribution in [3.63, 3.8) is 0 Å². The Kier molecular flexibility index (Phi) is 4.86. The quantitative estimate of drug-likeness (QED) is 0.546. The van der Waals surface area contributed by atoms with Crippen LogP contribution in [0.1, 0.15) is 15.9 Å². The van der Waals surface area contributed by atoms with Crippen molar-refractivity contribution in [1.82, 2.24) is 0 Å². The Hall–Kier alpha value is -0.870. The number of anilines is 1. The first-order chi connectivity index (χ1) is 9.38. The number of carbonyl (C=O) groups is 1. The predicted molar refractivity (Wildman–Crippen MR) is 87.9 cm³/mol. The summed E-state index contributed by atoms with van der Waals surface area (Å²) in [6.45, 7) is 1.85. The second-order valence-electron chi connectivity index (χ2n) is 4.20. The number of amides is 1. The lowest BCUT2D eigenvalue weighted by molar-refractivity contribution is 0.102. The SMILES string of the molecule is Cc1ccc(S)cc1C(=O)Nc1cc(Cl)c(Cl)cc1Cl. The summed E-state index contributed by atoms with van der Waals surface area (Å²) in [6.07, 6.45) is 0. The molecule has 0 aliphatic rings. The number of hydrogen-bond donors (Lipinski definition) is 2. The van der Waals surface area contributed by atoms with Crippen molar-refractivity contribution in [2.45, 2.75) is 11.8 Å². The van der Waals surface area contributed by atoms with Gasteiger partial charge in [-0.3, -0.25) is 4.79 Å². The molecule has 1 N–H and O–H groups in total. The Balaban J connectivity index is 2.32. The van der Waals surface area contributed by atoms with Gasteiger partial charge in [0.1, 0.15) is 0 Å². The lowest BCUT2D eigenvalue weighted by atomic mass is 10.1. The monoisotopic (exact) mass is 345 g/mol. The Morgan fingerprint density at radius 3 is 2.40 bits per heavy atom. The largest absolute Gasteiger partial charge is 0.321 e. The Bertz CT molecular complexity index is 688. The van der Waals surface area contributed by atoms with E-state index in [-0.39, 0.29) is 5.91 Å². The molecule has 6 heteroatoms. The van der Waals surface area contributed by atoms with Gasteiger partial charge in [0, 0.05) is 10.5 Å². The molecule has 2 aromatic carbocycles. The van der Waals surface area contributed by atoms with Crippen molar-refractivity contribution >= 4 is 59.0 Å². The van der Waals surface area contributed by atoms with Crippen LogP contribution < -0.4 is 5.32 Å². The van der Waals surface area contributed by atoms with Gasteiger partial charge in [0.2, 0.25) is 0 Å². The minimum Gasteiger partial charge on any atom is -0.321 e.